The average Bonchev–Trinajstić information content (AvgIpc) is 2.85. The van der Waals surface area contributed by atoms with Crippen LogP contribution in [-0.4, -0.2) is 33.5 Å². The van der Waals surface area contributed by atoms with Gasteiger partial charge >= 0.3 is 0 Å². The summed E-state index contributed by atoms with van der Waals surface area (Å²) in [7, 11) is -3.75. The minimum Gasteiger partial charge on any atom is -0.371 e. The van der Waals surface area contributed by atoms with Crippen LogP contribution >= 0.6 is 0 Å². The number of nitrogens with zero attached hydrogens (tertiary/aromatic N) is 1. The number of sulfonamides is 1. The van der Waals surface area contributed by atoms with Crippen molar-refractivity contribution in [3.8, 4) is 0 Å². The van der Waals surface area contributed by atoms with E-state index in [1.807, 2.05) is 26.0 Å². The number of benzene rings is 3. The number of anilines is 2. The van der Waals surface area contributed by atoms with Crippen molar-refractivity contribution in [2.45, 2.75) is 44.0 Å². The molecular weight excluding hydrogens is 458 g/mol. The highest BCUT2D eigenvalue weighted by molar-refractivity contribution is 7.92. The molecule has 0 aromatic heterocycles. The Balaban J connectivity index is 1.53. The summed E-state index contributed by atoms with van der Waals surface area (Å²) in [4.78, 5) is 15.5. The second-order valence-electron chi connectivity index (χ2n) is 9.40. The van der Waals surface area contributed by atoms with Crippen LogP contribution < -0.4 is 14.9 Å². The van der Waals surface area contributed by atoms with E-state index in [1.165, 1.54) is 5.56 Å². The molecule has 0 saturated carbocycles. The lowest BCUT2D eigenvalue weighted by atomic mass is 9.89. The molecule has 6 nitrogen and oxygen atoms in total. The molecule has 0 radical (unpaired) electrons. The molecule has 184 valence electrons. The fourth-order valence-corrected chi connectivity index (χ4v) is 5.61. The topological polar surface area (TPSA) is 78.5 Å². The van der Waals surface area contributed by atoms with Crippen molar-refractivity contribution in [3.63, 3.8) is 0 Å². The van der Waals surface area contributed by atoms with Crippen LogP contribution in [0.25, 0.3) is 0 Å². The van der Waals surface area contributed by atoms with E-state index in [2.05, 4.69) is 39.2 Å². The zero-order chi connectivity index (χ0) is 24.8. The normalized spacial score (nSPS) is 14.7. The van der Waals surface area contributed by atoms with Gasteiger partial charge in [0, 0.05) is 30.5 Å². The van der Waals surface area contributed by atoms with E-state index in [-0.39, 0.29) is 16.8 Å². The van der Waals surface area contributed by atoms with Crippen LogP contribution in [0.1, 0.15) is 42.6 Å². The Labute approximate surface area is 208 Å². The molecule has 1 aliphatic heterocycles. The molecule has 2 N–H and O–H groups in total. The third-order valence-corrected chi connectivity index (χ3v) is 7.69. The highest BCUT2D eigenvalue weighted by Gasteiger charge is 2.24. The SMILES string of the molecule is CC(C)NC(=O)c1cc(NS(=O)(=O)c2ccccc2)ccc1N1CCC(Cc2ccccc2)CC1. The Morgan fingerprint density at radius 3 is 2.20 bits per heavy atom. The maximum absolute atomic E-state index is 13.1. The summed E-state index contributed by atoms with van der Waals surface area (Å²) in [6.07, 6.45) is 3.15. The summed E-state index contributed by atoms with van der Waals surface area (Å²) in [6, 6.07) is 24.0. The molecule has 1 amide bonds. The van der Waals surface area contributed by atoms with Crippen molar-refractivity contribution in [1.82, 2.24) is 5.32 Å². The van der Waals surface area contributed by atoms with Gasteiger partial charge in [-0.3, -0.25) is 9.52 Å². The van der Waals surface area contributed by atoms with Gasteiger partial charge in [0.25, 0.3) is 15.9 Å². The Morgan fingerprint density at radius 1 is 0.943 bits per heavy atom. The van der Waals surface area contributed by atoms with Gasteiger partial charge in [0.2, 0.25) is 0 Å². The van der Waals surface area contributed by atoms with Crippen molar-refractivity contribution < 1.29 is 13.2 Å². The largest absolute Gasteiger partial charge is 0.371 e. The summed E-state index contributed by atoms with van der Waals surface area (Å²) in [5.74, 6) is 0.403. The Morgan fingerprint density at radius 2 is 1.57 bits per heavy atom. The van der Waals surface area contributed by atoms with E-state index in [9.17, 15) is 13.2 Å². The van der Waals surface area contributed by atoms with E-state index in [0.29, 0.717) is 17.2 Å². The molecule has 3 aromatic rings. The molecule has 0 unspecified atom stereocenters. The van der Waals surface area contributed by atoms with E-state index in [4.69, 9.17) is 0 Å². The lowest BCUT2D eigenvalue weighted by Crippen LogP contribution is -2.37. The second kappa shape index (κ2) is 11.0. The van der Waals surface area contributed by atoms with Crippen LogP contribution in [-0.2, 0) is 16.4 Å². The number of hydrogen-bond donors (Lipinski definition) is 2. The lowest BCUT2D eigenvalue weighted by Gasteiger charge is -2.35. The maximum Gasteiger partial charge on any atom is 0.261 e. The Bertz CT molecular complexity index is 1240. The van der Waals surface area contributed by atoms with Gasteiger partial charge in [-0.2, -0.15) is 0 Å². The summed E-state index contributed by atoms with van der Waals surface area (Å²) in [5.41, 5.74) is 3.04. The van der Waals surface area contributed by atoms with Gasteiger partial charge in [0.05, 0.1) is 10.5 Å². The zero-order valence-electron chi connectivity index (χ0n) is 20.3. The molecular formula is C28H33N3O3S. The van der Waals surface area contributed by atoms with Gasteiger partial charge in [0.1, 0.15) is 0 Å². The van der Waals surface area contributed by atoms with Gasteiger partial charge < -0.3 is 10.2 Å². The fourth-order valence-electron chi connectivity index (χ4n) is 4.54. The van der Waals surface area contributed by atoms with Crippen molar-refractivity contribution in [1.29, 1.82) is 0 Å². The lowest BCUT2D eigenvalue weighted by molar-refractivity contribution is 0.0943. The van der Waals surface area contributed by atoms with Gasteiger partial charge in [-0.05, 0) is 74.9 Å². The van der Waals surface area contributed by atoms with E-state index in [1.54, 1.807) is 42.5 Å². The van der Waals surface area contributed by atoms with Crippen LogP contribution in [0.2, 0.25) is 0 Å². The molecule has 0 bridgehead atoms. The number of hydrogen-bond acceptors (Lipinski definition) is 4. The van der Waals surface area contributed by atoms with E-state index >= 15 is 0 Å². The summed E-state index contributed by atoms with van der Waals surface area (Å²) < 4.78 is 28.2. The predicted molar refractivity (Wildman–Crippen MR) is 141 cm³/mol. The Kier molecular flexibility index (Phi) is 7.76. The highest BCUT2D eigenvalue weighted by atomic mass is 32.2. The van der Waals surface area contributed by atoms with Crippen LogP contribution in [0.3, 0.4) is 0 Å². The number of rotatable bonds is 8. The predicted octanol–water partition coefficient (Wildman–Crippen LogP) is 5.08. The molecule has 1 saturated heterocycles. The van der Waals surface area contributed by atoms with E-state index < -0.39 is 10.0 Å². The Hall–Kier alpha value is -3.32. The van der Waals surface area contributed by atoms with Crippen LogP contribution in [0.5, 0.6) is 0 Å². The van der Waals surface area contributed by atoms with Crippen LogP contribution in [0, 0.1) is 5.92 Å². The smallest absolute Gasteiger partial charge is 0.261 e. The van der Waals surface area contributed by atoms with Crippen molar-refractivity contribution in [2.75, 3.05) is 22.7 Å². The van der Waals surface area contributed by atoms with Gasteiger partial charge in [-0.25, -0.2) is 8.42 Å². The average molecular weight is 492 g/mol. The molecule has 0 spiro atoms. The van der Waals surface area contributed by atoms with Crippen molar-refractivity contribution >= 4 is 27.3 Å². The number of carbonyl (C=O) groups excluding carboxylic acids is 1. The van der Waals surface area contributed by atoms with Crippen molar-refractivity contribution in [2.24, 2.45) is 5.92 Å². The standard InChI is InChI=1S/C28H33N3O3S/c1-21(2)29-28(32)26-20-24(30-35(33,34)25-11-7-4-8-12-25)13-14-27(26)31-17-15-23(16-18-31)19-22-9-5-3-6-10-22/h3-14,20-21,23,30H,15-19H2,1-2H3,(H,29,32). The number of piperidine rings is 1. The van der Waals surface area contributed by atoms with E-state index in [0.717, 1.165) is 38.0 Å². The van der Waals surface area contributed by atoms with Crippen LogP contribution in [0.4, 0.5) is 11.4 Å². The molecule has 1 aliphatic rings. The molecule has 1 fully saturated rings. The first-order valence-corrected chi connectivity index (χ1v) is 13.6. The highest BCUT2D eigenvalue weighted by Crippen LogP contribution is 2.31. The minimum atomic E-state index is -3.75. The van der Waals surface area contributed by atoms with Crippen LogP contribution in [0.15, 0.2) is 83.8 Å². The number of carbonyl (C=O) groups is 1. The summed E-state index contributed by atoms with van der Waals surface area (Å²) in [6.45, 7) is 5.53. The van der Waals surface area contributed by atoms with Crippen molar-refractivity contribution in [3.05, 3.63) is 90.0 Å². The number of amides is 1. The molecule has 0 aliphatic carbocycles. The molecule has 4 rings (SSSR count). The maximum atomic E-state index is 13.1. The van der Waals surface area contributed by atoms with Gasteiger partial charge in [0.15, 0.2) is 0 Å². The quantitative estimate of drug-likeness (QED) is 0.460. The minimum absolute atomic E-state index is 0.0309. The molecule has 7 heteroatoms. The summed E-state index contributed by atoms with van der Waals surface area (Å²) in [5, 5.41) is 2.96. The molecule has 3 aromatic carbocycles. The fraction of sp³-hybridized carbons (Fsp3) is 0.321. The third-order valence-electron chi connectivity index (χ3n) is 6.29. The molecule has 1 heterocycles. The first-order chi connectivity index (χ1) is 16.8. The first-order valence-electron chi connectivity index (χ1n) is 12.1. The molecule has 0 atom stereocenters. The first kappa shape index (κ1) is 24.8. The van der Waals surface area contributed by atoms with Gasteiger partial charge in [-0.15, -0.1) is 0 Å². The third kappa shape index (κ3) is 6.42. The summed E-state index contributed by atoms with van der Waals surface area (Å²) >= 11 is 0. The number of nitrogens with one attached hydrogen (secondary N) is 2. The zero-order valence-corrected chi connectivity index (χ0v) is 21.1. The molecule has 35 heavy (non-hydrogen) atoms. The monoisotopic (exact) mass is 491 g/mol. The second-order valence-corrected chi connectivity index (χ2v) is 11.1. The van der Waals surface area contributed by atoms with Gasteiger partial charge in [-0.1, -0.05) is 48.5 Å².